The van der Waals surface area contributed by atoms with Gasteiger partial charge in [0.2, 0.25) is 11.8 Å². The second-order valence-corrected chi connectivity index (χ2v) is 12.6. The van der Waals surface area contributed by atoms with Crippen LogP contribution < -0.4 is 14.4 Å². The number of aryl methyl sites for hydroxylation is 1. The standard InChI is InChI=1S/C31H39N3O5S/c1-23-16-18-26(19-17-23)40(37,38)34(27-14-10-11-15-28(27)39-6)22-29(35)33(21-20-25-12-8-7-9-13-25)24(2)30(36)32-31(3,4)5/h7-19,24H,20-22H2,1-6H3,(H,32,36)/t24-/m0/s1. The van der Waals surface area contributed by atoms with Crippen molar-refractivity contribution in [3.05, 3.63) is 90.0 Å². The Labute approximate surface area is 238 Å². The molecular formula is C31H39N3O5S. The van der Waals surface area contributed by atoms with Crippen LogP contribution in [-0.4, -0.2) is 56.9 Å². The van der Waals surface area contributed by atoms with E-state index in [4.69, 9.17) is 4.74 Å². The zero-order chi connectivity index (χ0) is 29.5. The highest BCUT2D eigenvalue weighted by Crippen LogP contribution is 2.32. The minimum absolute atomic E-state index is 0.0474. The minimum Gasteiger partial charge on any atom is -0.495 e. The molecule has 3 aromatic carbocycles. The molecule has 0 aromatic heterocycles. The summed E-state index contributed by atoms with van der Waals surface area (Å²) < 4.78 is 34.5. The number of sulfonamides is 1. The van der Waals surface area contributed by atoms with E-state index in [2.05, 4.69) is 5.32 Å². The second-order valence-electron chi connectivity index (χ2n) is 10.7. The molecule has 0 heterocycles. The molecule has 40 heavy (non-hydrogen) atoms. The van der Waals surface area contributed by atoms with Crippen LogP contribution in [0.15, 0.2) is 83.8 Å². The first kappa shape index (κ1) is 30.7. The number of nitrogens with one attached hydrogen (secondary N) is 1. The Hall–Kier alpha value is -3.85. The lowest BCUT2D eigenvalue weighted by Crippen LogP contribution is -2.55. The Morgan fingerprint density at radius 3 is 2.12 bits per heavy atom. The maximum Gasteiger partial charge on any atom is 0.264 e. The molecule has 0 saturated heterocycles. The molecule has 0 spiro atoms. The van der Waals surface area contributed by atoms with Gasteiger partial charge in [0.15, 0.2) is 0 Å². The molecule has 0 fully saturated rings. The van der Waals surface area contributed by atoms with Gasteiger partial charge in [-0.05, 0) is 70.9 Å². The predicted molar refractivity (Wildman–Crippen MR) is 158 cm³/mol. The fourth-order valence-corrected chi connectivity index (χ4v) is 5.66. The summed E-state index contributed by atoms with van der Waals surface area (Å²) in [6.45, 7) is 8.84. The molecule has 1 atom stereocenters. The lowest BCUT2D eigenvalue weighted by molar-refractivity contribution is -0.139. The summed E-state index contributed by atoms with van der Waals surface area (Å²) in [5, 5.41) is 2.93. The molecule has 0 aliphatic carbocycles. The van der Waals surface area contributed by atoms with Gasteiger partial charge in [0.25, 0.3) is 10.0 Å². The molecule has 214 valence electrons. The van der Waals surface area contributed by atoms with Crippen molar-refractivity contribution in [3.63, 3.8) is 0 Å². The van der Waals surface area contributed by atoms with Gasteiger partial charge in [0, 0.05) is 12.1 Å². The summed E-state index contributed by atoms with van der Waals surface area (Å²) >= 11 is 0. The molecule has 2 amide bonds. The summed E-state index contributed by atoms with van der Waals surface area (Å²) in [7, 11) is -2.72. The van der Waals surface area contributed by atoms with E-state index in [1.165, 1.54) is 24.1 Å². The lowest BCUT2D eigenvalue weighted by Gasteiger charge is -2.33. The third kappa shape index (κ3) is 7.85. The van der Waals surface area contributed by atoms with Gasteiger partial charge in [-0.2, -0.15) is 0 Å². The van der Waals surface area contributed by atoms with E-state index in [0.29, 0.717) is 12.2 Å². The normalized spacial score (nSPS) is 12.3. The van der Waals surface area contributed by atoms with Gasteiger partial charge in [-0.1, -0.05) is 60.2 Å². The van der Waals surface area contributed by atoms with Crippen molar-refractivity contribution in [1.29, 1.82) is 0 Å². The number of hydrogen-bond donors (Lipinski definition) is 1. The Balaban J connectivity index is 2.02. The molecule has 1 N–H and O–H groups in total. The number of rotatable bonds is 11. The first-order chi connectivity index (χ1) is 18.8. The van der Waals surface area contributed by atoms with Crippen LogP contribution in [0, 0.1) is 6.92 Å². The monoisotopic (exact) mass is 565 g/mol. The van der Waals surface area contributed by atoms with Crippen LogP contribution in [0.25, 0.3) is 0 Å². The van der Waals surface area contributed by atoms with Crippen molar-refractivity contribution in [2.24, 2.45) is 0 Å². The van der Waals surface area contributed by atoms with Crippen LogP contribution in [0.4, 0.5) is 5.69 Å². The first-order valence-corrected chi connectivity index (χ1v) is 14.7. The summed E-state index contributed by atoms with van der Waals surface area (Å²) in [6, 6.07) is 21.9. The van der Waals surface area contributed by atoms with Crippen LogP contribution in [0.3, 0.4) is 0 Å². The number of carbonyl (C=O) groups excluding carboxylic acids is 2. The molecular weight excluding hydrogens is 526 g/mol. The van der Waals surface area contributed by atoms with E-state index in [1.807, 2.05) is 58.0 Å². The maximum atomic E-state index is 14.0. The van der Waals surface area contributed by atoms with Gasteiger partial charge in [0.1, 0.15) is 18.3 Å². The van der Waals surface area contributed by atoms with Gasteiger partial charge in [-0.15, -0.1) is 0 Å². The van der Waals surface area contributed by atoms with Crippen molar-refractivity contribution in [2.45, 2.75) is 57.5 Å². The molecule has 0 bridgehead atoms. The van der Waals surface area contributed by atoms with E-state index in [9.17, 15) is 18.0 Å². The van der Waals surface area contributed by atoms with E-state index < -0.39 is 34.1 Å². The fraction of sp³-hybridized carbons (Fsp3) is 0.355. The van der Waals surface area contributed by atoms with Crippen LogP contribution in [0.5, 0.6) is 5.75 Å². The molecule has 3 aromatic rings. The number of carbonyl (C=O) groups is 2. The zero-order valence-corrected chi connectivity index (χ0v) is 24.9. The highest BCUT2D eigenvalue weighted by molar-refractivity contribution is 7.92. The highest BCUT2D eigenvalue weighted by Gasteiger charge is 2.34. The molecule has 3 rings (SSSR count). The average molecular weight is 566 g/mol. The van der Waals surface area contributed by atoms with Crippen LogP contribution in [0.2, 0.25) is 0 Å². The third-order valence-corrected chi connectivity index (χ3v) is 8.17. The molecule has 0 unspecified atom stereocenters. The quantitative estimate of drug-likeness (QED) is 0.367. The van der Waals surface area contributed by atoms with Crippen molar-refractivity contribution in [1.82, 2.24) is 10.2 Å². The van der Waals surface area contributed by atoms with Crippen LogP contribution in [0.1, 0.15) is 38.8 Å². The number of hydrogen-bond acceptors (Lipinski definition) is 5. The third-order valence-electron chi connectivity index (χ3n) is 6.39. The van der Waals surface area contributed by atoms with Gasteiger partial charge in [-0.3, -0.25) is 13.9 Å². The van der Waals surface area contributed by atoms with E-state index in [1.54, 1.807) is 43.3 Å². The van der Waals surface area contributed by atoms with Crippen LogP contribution in [-0.2, 0) is 26.0 Å². The van der Waals surface area contributed by atoms with E-state index in [-0.39, 0.29) is 23.0 Å². The van der Waals surface area contributed by atoms with Crippen molar-refractivity contribution < 1.29 is 22.7 Å². The number of para-hydroxylation sites is 2. The van der Waals surface area contributed by atoms with Gasteiger partial charge in [0.05, 0.1) is 17.7 Å². The zero-order valence-electron chi connectivity index (χ0n) is 24.0. The topological polar surface area (TPSA) is 96.0 Å². The van der Waals surface area contributed by atoms with Gasteiger partial charge in [-0.25, -0.2) is 8.42 Å². The number of anilines is 1. The van der Waals surface area contributed by atoms with Crippen molar-refractivity contribution in [3.8, 4) is 5.75 Å². The maximum absolute atomic E-state index is 14.0. The van der Waals surface area contributed by atoms with Crippen LogP contribution >= 0.6 is 0 Å². The molecule has 0 aliphatic rings. The number of nitrogens with zero attached hydrogens (tertiary/aromatic N) is 2. The molecule has 8 nitrogen and oxygen atoms in total. The van der Waals surface area contributed by atoms with Crippen molar-refractivity contribution >= 4 is 27.5 Å². The Bertz CT molecular complexity index is 1400. The second kappa shape index (κ2) is 13.0. The molecule has 0 aliphatic heterocycles. The number of ether oxygens (including phenoxy) is 1. The SMILES string of the molecule is COc1ccccc1N(CC(=O)N(CCc1ccccc1)[C@@H](C)C(=O)NC(C)(C)C)S(=O)(=O)c1ccc(C)cc1. The number of methoxy groups -OCH3 is 1. The minimum atomic E-state index is -4.17. The number of benzene rings is 3. The molecule has 9 heteroatoms. The summed E-state index contributed by atoms with van der Waals surface area (Å²) in [6.07, 6.45) is 0.499. The largest absolute Gasteiger partial charge is 0.495 e. The van der Waals surface area contributed by atoms with Gasteiger partial charge >= 0.3 is 0 Å². The average Bonchev–Trinajstić information content (AvgIpc) is 2.91. The highest BCUT2D eigenvalue weighted by atomic mass is 32.2. The Morgan fingerprint density at radius 1 is 0.925 bits per heavy atom. The molecule has 0 saturated carbocycles. The first-order valence-electron chi connectivity index (χ1n) is 13.2. The number of amides is 2. The smallest absolute Gasteiger partial charge is 0.264 e. The molecule has 0 radical (unpaired) electrons. The Kier molecular flexibility index (Phi) is 9.98. The summed E-state index contributed by atoms with van der Waals surface area (Å²) in [5.41, 5.74) is 1.63. The summed E-state index contributed by atoms with van der Waals surface area (Å²) in [4.78, 5) is 28.6. The predicted octanol–water partition coefficient (Wildman–Crippen LogP) is 4.57. The van der Waals surface area contributed by atoms with E-state index in [0.717, 1.165) is 15.4 Å². The lowest BCUT2D eigenvalue weighted by atomic mass is 10.1. The fourth-order valence-electron chi connectivity index (χ4n) is 4.23. The van der Waals surface area contributed by atoms with Crippen molar-refractivity contribution in [2.75, 3.05) is 24.5 Å². The van der Waals surface area contributed by atoms with E-state index >= 15 is 0 Å². The summed E-state index contributed by atoms with van der Waals surface area (Å²) in [5.74, 6) is -0.520. The Morgan fingerprint density at radius 2 is 1.52 bits per heavy atom. The van der Waals surface area contributed by atoms with Gasteiger partial charge < -0.3 is 15.0 Å².